The fourth-order valence-corrected chi connectivity index (χ4v) is 3.66. The molecule has 0 radical (unpaired) electrons. The third-order valence-corrected chi connectivity index (χ3v) is 4.96. The van der Waals surface area contributed by atoms with Crippen LogP contribution < -0.4 is 5.73 Å². The van der Waals surface area contributed by atoms with Crippen molar-refractivity contribution in [3.8, 4) is 0 Å². The first-order valence-corrected chi connectivity index (χ1v) is 8.86. The molecule has 1 amide bonds. The smallest absolute Gasteiger partial charge is 0.317 e. The molecular formula is C16H13N3O3S2. The maximum Gasteiger partial charge on any atom is 0.317 e. The summed E-state index contributed by atoms with van der Waals surface area (Å²) in [7, 11) is 0. The third-order valence-electron chi connectivity index (χ3n) is 3.16. The zero-order valence-electron chi connectivity index (χ0n) is 12.4. The van der Waals surface area contributed by atoms with Gasteiger partial charge in [-0.3, -0.25) is 9.59 Å². The molecule has 1 aromatic carbocycles. The summed E-state index contributed by atoms with van der Waals surface area (Å²) in [5.41, 5.74) is 5.89. The number of aromatic nitrogens is 2. The first-order chi connectivity index (χ1) is 11.6. The number of thiophene rings is 1. The molecule has 0 spiro atoms. The Morgan fingerprint density at radius 1 is 1.21 bits per heavy atom. The van der Waals surface area contributed by atoms with Crippen molar-refractivity contribution < 1.29 is 14.3 Å². The van der Waals surface area contributed by atoms with Crippen LogP contribution in [0.4, 0.5) is 0 Å². The summed E-state index contributed by atoms with van der Waals surface area (Å²) in [6, 6.07) is 10.6. The van der Waals surface area contributed by atoms with Gasteiger partial charge in [0.05, 0.1) is 5.75 Å². The van der Waals surface area contributed by atoms with Crippen LogP contribution >= 0.6 is 23.1 Å². The Bertz CT molecular complexity index is 867. The first kappa shape index (κ1) is 16.4. The average Bonchev–Trinajstić information content (AvgIpc) is 3.07. The molecule has 8 heteroatoms. The Labute approximate surface area is 146 Å². The number of thioether (sulfide) groups is 1. The summed E-state index contributed by atoms with van der Waals surface area (Å²) >= 11 is 2.75. The number of nitrogens with two attached hydrogens (primary N) is 1. The van der Waals surface area contributed by atoms with Gasteiger partial charge in [0.15, 0.2) is 0 Å². The van der Waals surface area contributed by atoms with Gasteiger partial charge >= 0.3 is 5.97 Å². The molecule has 0 aliphatic carbocycles. The molecular weight excluding hydrogens is 346 g/mol. The van der Waals surface area contributed by atoms with Crippen molar-refractivity contribution in [3.63, 3.8) is 0 Å². The number of amides is 1. The fraction of sp³-hybridized carbons (Fsp3) is 0.125. The number of rotatable bonds is 6. The molecule has 122 valence electrons. The highest BCUT2D eigenvalue weighted by molar-refractivity contribution is 8.00. The lowest BCUT2D eigenvalue weighted by Gasteiger charge is -2.14. The minimum atomic E-state index is -1.09. The van der Waals surface area contributed by atoms with Crippen molar-refractivity contribution in [2.75, 3.05) is 5.75 Å². The van der Waals surface area contributed by atoms with Gasteiger partial charge in [-0.1, -0.05) is 42.1 Å². The normalized spacial score (nSPS) is 12.0. The maximum absolute atomic E-state index is 12.1. The molecule has 2 N–H and O–H groups in total. The van der Waals surface area contributed by atoms with Crippen molar-refractivity contribution >= 4 is 45.2 Å². The topological polar surface area (TPSA) is 95.2 Å². The monoisotopic (exact) mass is 359 g/mol. The molecule has 3 rings (SSSR count). The first-order valence-electron chi connectivity index (χ1n) is 7.00. The maximum atomic E-state index is 12.1. The van der Waals surface area contributed by atoms with Crippen LogP contribution in [0.3, 0.4) is 0 Å². The Balaban J connectivity index is 1.66. The number of hydrogen-bond acceptors (Lipinski definition) is 7. The largest absolute Gasteiger partial charge is 0.447 e. The highest BCUT2D eigenvalue weighted by atomic mass is 32.2. The molecule has 24 heavy (non-hydrogen) atoms. The van der Waals surface area contributed by atoms with E-state index in [9.17, 15) is 9.59 Å². The van der Waals surface area contributed by atoms with E-state index in [0.29, 0.717) is 10.6 Å². The van der Waals surface area contributed by atoms with Crippen molar-refractivity contribution in [3.05, 3.63) is 53.7 Å². The van der Waals surface area contributed by atoms with Crippen LogP contribution in [0.15, 0.2) is 53.1 Å². The van der Waals surface area contributed by atoms with Crippen molar-refractivity contribution in [2.45, 2.75) is 11.1 Å². The lowest BCUT2D eigenvalue weighted by Crippen LogP contribution is -2.26. The molecule has 0 bridgehead atoms. The minimum absolute atomic E-state index is 0.0264. The Morgan fingerprint density at radius 2 is 2.00 bits per heavy atom. The molecule has 0 aliphatic heterocycles. The number of carbonyl (C=O) groups excluding carboxylic acids is 2. The summed E-state index contributed by atoms with van der Waals surface area (Å²) in [5, 5.41) is 3.52. The average molecular weight is 359 g/mol. The molecule has 6 nitrogen and oxygen atoms in total. The van der Waals surface area contributed by atoms with Crippen LogP contribution in [0.1, 0.15) is 11.7 Å². The van der Waals surface area contributed by atoms with E-state index in [1.807, 2.05) is 11.4 Å². The van der Waals surface area contributed by atoms with Crippen molar-refractivity contribution in [1.82, 2.24) is 9.97 Å². The van der Waals surface area contributed by atoms with Gasteiger partial charge in [0.25, 0.3) is 5.91 Å². The van der Waals surface area contributed by atoms with Crippen LogP contribution in [0.2, 0.25) is 0 Å². The number of carbonyl (C=O) groups is 2. The van der Waals surface area contributed by atoms with Gasteiger partial charge in [-0.15, -0.1) is 11.3 Å². The molecule has 1 unspecified atom stereocenters. The highest BCUT2D eigenvalue weighted by Gasteiger charge is 2.22. The van der Waals surface area contributed by atoms with Gasteiger partial charge in [0.1, 0.15) is 16.2 Å². The second kappa shape index (κ2) is 7.41. The molecule has 1 atom stereocenters. The highest BCUT2D eigenvalue weighted by Crippen LogP contribution is 2.28. The van der Waals surface area contributed by atoms with Crippen LogP contribution in [0.25, 0.3) is 10.2 Å². The van der Waals surface area contributed by atoms with E-state index >= 15 is 0 Å². The summed E-state index contributed by atoms with van der Waals surface area (Å²) in [4.78, 5) is 32.9. The zero-order valence-corrected chi connectivity index (χ0v) is 14.0. The Morgan fingerprint density at radius 3 is 2.75 bits per heavy atom. The molecule has 0 aliphatic rings. The van der Waals surface area contributed by atoms with Gasteiger partial charge in [0.2, 0.25) is 6.10 Å². The number of hydrogen-bond donors (Lipinski definition) is 1. The van der Waals surface area contributed by atoms with Crippen LogP contribution in [-0.4, -0.2) is 27.6 Å². The summed E-state index contributed by atoms with van der Waals surface area (Å²) in [6.07, 6.45) is 0.369. The predicted octanol–water partition coefficient (Wildman–Crippen LogP) is 2.55. The van der Waals surface area contributed by atoms with Gasteiger partial charge in [-0.05, 0) is 11.4 Å². The number of benzene rings is 1. The van der Waals surface area contributed by atoms with E-state index in [1.54, 1.807) is 30.3 Å². The Kier molecular flexibility index (Phi) is 5.07. The Hall–Kier alpha value is -2.45. The zero-order chi connectivity index (χ0) is 16.9. The van der Waals surface area contributed by atoms with E-state index in [2.05, 4.69) is 9.97 Å². The number of primary amides is 1. The van der Waals surface area contributed by atoms with Gasteiger partial charge in [-0.25, -0.2) is 9.97 Å². The predicted molar refractivity (Wildman–Crippen MR) is 92.6 cm³/mol. The lowest BCUT2D eigenvalue weighted by molar-refractivity contribution is -0.152. The molecule has 3 aromatic rings. The van der Waals surface area contributed by atoms with E-state index < -0.39 is 18.0 Å². The molecule has 2 heterocycles. The second-order valence-electron chi connectivity index (χ2n) is 4.79. The second-order valence-corrected chi connectivity index (χ2v) is 6.65. The molecule has 0 fully saturated rings. The number of esters is 1. The van der Waals surface area contributed by atoms with E-state index in [-0.39, 0.29) is 5.75 Å². The van der Waals surface area contributed by atoms with Crippen molar-refractivity contribution in [2.24, 2.45) is 5.73 Å². The number of fused-ring (bicyclic) bond motifs is 1. The van der Waals surface area contributed by atoms with Crippen LogP contribution in [0, 0.1) is 0 Å². The third kappa shape index (κ3) is 3.72. The summed E-state index contributed by atoms with van der Waals surface area (Å²) in [6.45, 7) is 0. The van der Waals surface area contributed by atoms with Crippen LogP contribution in [0.5, 0.6) is 0 Å². The SMILES string of the molecule is NC(=O)C(OC(=O)CSc1ncnc2sccc12)c1ccccc1. The van der Waals surface area contributed by atoms with Gasteiger partial charge < -0.3 is 10.5 Å². The van der Waals surface area contributed by atoms with E-state index in [0.717, 1.165) is 10.2 Å². The standard InChI is InChI=1S/C16H13N3O3S2/c17-14(21)13(10-4-2-1-3-5-10)22-12(20)8-24-16-11-6-7-23-15(11)18-9-19-16/h1-7,9,13H,8H2,(H2,17,21). The quantitative estimate of drug-likeness (QED) is 0.413. The minimum Gasteiger partial charge on any atom is -0.447 e. The van der Waals surface area contributed by atoms with E-state index in [1.165, 1.54) is 29.4 Å². The molecule has 0 saturated carbocycles. The number of ether oxygens (including phenoxy) is 1. The van der Waals surface area contributed by atoms with Crippen LogP contribution in [-0.2, 0) is 14.3 Å². The lowest BCUT2D eigenvalue weighted by atomic mass is 10.1. The summed E-state index contributed by atoms with van der Waals surface area (Å²) < 4.78 is 5.24. The fourth-order valence-electron chi connectivity index (χ4n) is 2.09. The van der Waals surface area contributed by atoms with Gasteiger partial charge in [0, 0.05) is 10.9 Å². The summed E-state index contributed by atoms with van der Waals surface area (Å²) in [5.74, 6) is -1.21. The molecule has 2 aromatic heterocycles. The van der Waals surface area contributed by atoms with Crippen molar-refractivity contribution in [1.29, 1.82) is 0 Å². The van der Waals surface area contributed by atoms with E-state index in [4.69, 9.17) is 10.5 Å². The molecule has 0 saturated heterocycles. The number of nitrogens with zero attached hydrogens (tertiary/aromatic N) is 2. The van der Waals surface area contributed by atoms with Gasteiger partial charge in [-0.2, -0.15) is 0 Å².